The molecule has 1 aromatic heterocycles. The molecular weight excluding hydrogens is 457 g/mol. The molecule has 0 aliphatic carbocycles. The van der Waals surface area contributed by atoms with Gasteiger partial charge in [0, 0.05) is 23.4 Å². The number of rotatable bonds is 10. The highest BCUT2D eigenvalue weighted by molar-refractivity contribution is 7.10. The lowest BCUT2D eigenvalue weighted by Crippen LogP contribution is -2.24. The Balaban J connectivity index is 0.00000298. The van der Waals surface area contributed by atoms with E-state index >= 15 is 0 Å². The summed E-state index contributed by atoms with van der Waals surface area (Å²) >= 11 is 1.57. The molecule has 4 nitrogen and oxygen atoms in total. The maximum atomic E-state index is 14.2. The summed E-state index contributed by atoms with van der Waals surface area (Å²) in [4.78, 5) is 21.4. The van der Waals surface area contributed by atoms with E-state index in [0.29, 0.717) is 17.7 Å². The van der Waals surface area contributed by atoms with E-state index in [-0.39, 0.29) is 5.56 Å². The third kappa shape index (κ3) is 9.41. The fourth-order valence-corrected chi connectivity index (χ4v) is 3.70. The van der Waals surface area contributed by atoms with Crippen molar-refractivity contribution in [2.24, 2.45) is 4.99 Å². The zero-order chi connectivity index (χ0) is 26.2. The third-order valence-electron chi connectivity index (χ3n) is 5.02. The number of carbonyl (C=O) groups excluding carboxylic acids is 1. The Morgan fingerprint density at radius 2 is 2.06 bits per heavy atom. The van der Waals surface area contributed by atoms with Crippen LogP contribution >= 0.6 is 11.3 Å². The monoisotopic (exact) mass is 493 g/mol. The Morgan fingerprint density at radius 3 is 2.63 bits per heavy atom. The van der Waals surface area contributed by atoms with Crippen molar-refractivity contribution >= 4 is 29.0 Å². The number of hydrogen-bond acceptors (Lipinski definition) is 4. The molecule has 6 heteroatoms. The lowest BCUT2D eigenvalue weighted by Gasteiger charge is -2.09. The molecule has 0 aliphatic rings. The van der Waals surface area contributed by atoms with Crippen LogP contribution in [0.3, 0.4) is 0 Å². The van der Waals surface area contributed by atoms with Gasteiger partial charge in [-0.1, -0.05) is 63.3 Å². The quantitative estimate of drug-likeness (QED) is 0.268. The number of nitrogens with one attached hydrogen (secondary N) is 1. The molecule has 0 aliphatic heterocycles. The Kier molecular flexibility index (Phi) is 13.8. The van der Waals surface area contributed by atoms with Crippen molar-refractivity contribution in [1.82, 2.24) is 10.3 Å². The zero-order valence-electron chi connectivity index (χ0n) is 21.6. The van der Waals surface area contributed by atoms with Crippen LogP contribution in [0.5, 0.6) is 0 Å². The second-order valence-corrected chi connectivity index (χ2v) is 8.21. The number of halogens is 1. The van der Waals surface area contributed by atoms with Crippen LogP contribution in [0.4, 0.5) is 4.39 Å². The Labute approximate surface area is 213 Å². The Morgan fingerprint density at radius 1 is 1.31 bits per heavy atom. The Bertz CT molecular complexity index is 1100. The number of allylic oxidation sites excluding steroid dienone is 7. The first kappa shape index (κ1) is 29.7. The standard InChI is InChI=1S/C27H30FN3OS.C2H6/c1-6-10-23(31-26(32)25-20(5)11-9-12-24(25)28)18-29-17-22(19(4)7-2)14-13-21(8-3)27-30-15-16-33-27;1-2/h6,8-13,15-18H,3,7,14H2,1-2,4-5H3,(H,31,32);1-2H3/b10-6-,21-13+,22-19-,23-18+,29-17-;. The van der Waals surface area contributed by atoms with Gasteiger partial charge in [-0.3, -0.25) is 9.79 Å². The predicted octanol–water partition coefficient (Wildman–Crippen LogP) is 8.22. The van der Waals surface area contributed by atoms with Crippen molar-refractivity contribution in [2.75, 3.05) is 0 Å². The molecule has 35 heavy (non-hydrogen) atoms. The lowest BCUT2D eigenvalue weighted by atomic mass is 10.0. The van der Waals surface area contributed by atoms with Crippen molar-refractivity contribution in [2.45, 2.75) is 54.4 Å². The van der Waals surface area contributed by atoms with Crippen LogP contribution in [0.15, 0.2) is 88.7 Å². The number of carbonyl (C=O) groups is 1. The van der Waals surface area contributed by atoms with Crippen LogP contribution in [0, 0.1) is 12.7 Å². The van der Waals surface area contributed by atoms with Crippen molar-refractivity contribution in [3.63, 3.8) is 0 Å². The molecule has 1 N–H and O–H groups in total. The zero-order valence-corrected chi connectivity index (χ0v) is 22.4. The summed E-state index contributed by atoms with van der Waals surface area (Å²) in [5.74, 6) is -1.06. The van der Waals surface area contributed by atoms with E-state index < -0.39 is 11.7 Å². The number of hydrogen-bond donors (Lipinski definition) is 1. The maximum absolute atomic E-state index is 14.2. The molecule has 0 fully saturated rings. The number of aryl methyl sites for hydroxylation is 1. The predicted molar refractivity (Wildman–Crippen MR) is 149 cm³/mol. The van der Waals surface area contributed by atoms with Crippen LogP contribution in [-0.4, -0.2) is 17.1 Å². The third-order valence-corrected chi connectivity index (χ3v) is 5.84. The molecule has 0 unspecified atom stereocenters. The van der Waals surface area contributed by atoms with Crippen LogP contribution in [-0.2, 0) is 0 Å². The number of nitrogens with zero attached hydrogens (tertiary/aromatic N) is 2. The summed E-state index contributed by atoms with van der Waals surface area (Å²) in [7, 11) is 0. The van der Waals surface area contributed by atoms with E-state index in [0.717, 1.165) is 22.6 Å². The highest BCUT2D eigenvalue weighted by Crippen LogP contribution is 2.21. The second-order valence-electron chi connectivity index (χ2n) is 7.31. The molecule has 1 heterocycles. The minimum atomic E-state index is -0.551. The molecule has 0 spiro atoms. The molecule has 1 aromatic carbocycles. The topological polar surface area (TPSA) is 54.4 Å². The van der Waals surface area contributed by atoms with Gasteiger partial charge in [0.25, 0.3) is 5.91 Å². The molecule has 0 atom stereocenters. The van der Waals surface area contributed by atoms with E-state index in [4.69, 9.17) is 0 Å². The van der Waals surface area contributed by atoms with Gasteiger partial charge < -0.3 is 5.32 Å². The van der Waals surface area contributed by atoms with Gasteiger partial charge in [0.05, 0.1) is 17.5 Å². The molecular formula is C29H36FN3OS. The summed E-state index contributed by atoms with van der Waals surface area (Å²) in [6.07, 6.45) is 14.1. The van der Waals surface area contributed by atoms with Gasteiger partial charge in [-0.2, -0.15) is 0 Å². The lowest BCUT2D eigenvalue weighted by molar-refractivity contribution is 0.0962. The van der Waals surface area contributed by atoms with E-state index in [1.165, 1.54) is 11.6 Å². The Hall–Kier alpha value is -3.38. The van der Waals surface area contributed by atoms with E-state index in [9.17, 15) is 9.18 Å². The fraction of sp³-hybridized carbons (Fsp3) is 0.276. The van der Waals surface area contributed by atoms with Crippen molar-refractivity contribution < 1.29 is 9.18 Å². The van der Waals surface area contributed by atoms with Crippen LogP contribution in [0.25, 0.3) is 5.57 Å². The average molecular weight is 494 g/mol. The highest BCUT2D eigenvalue weighted by Gasteiger charge is 2.14. The maximum Gasteiger partial charge on any atom is 0.258 e. The number of aliphatic imine (C=N–C) groups is 1. The van der Waals surface area contributed by atoms with Gasteiger partial charge in [-0.05, 0) is 56.9 Å². The first-order chi connectivity index (χ1) is 16.9. The van der Waals surface area contributed by atoms with Crippen molar-refractivity contribution in [3.8, 4) is 0 Å². The molecule has 0 saturated heterocycles. The van der Waals surface area contributed by atoms with E-state index in [1.807, 2.05) is 26.2 Å². The summed E-state index contributed by atoms with van der Waals surface area (Å²) in [6, 6.07) is 4.57. The van der Waals surface area contributed by atoms with Crippen molar-refractivity contribution in [3.05, 3.63) is 106 Å². The smallest absolute Gasteiger partial charge is 0.258 e. The average Bonchev–Trinajstić information content (AvgIpc) is 3.39. The highest BCUT2D eigenvalue weighted by atomic mass is 32.1. The van der Waals surface area contributed by atoms with E-state index in [2.05, 4.69) is 41.8 Å². The molecule has 186 valence electrons. The fourth-order valence-electron chi connectivity index (χ4n) is 3.03. The van der Waals surface area contributed by atoms with Crippen LogP contribution in [0.1, 0.15) is 68.4 Å². The molecule has 0 saturated carbocycles. The molecule has 2 rings (SSSR count). The minimum absolute atomic E-state index is 0.0311. The summed E-state index contributed by atoms with van der Waals surface area (Å²) in [5.41, 5.74) is 4.34. The van der Waals surface area contributed by atoms with Crippen LogP contribution in [0.2, 0.25) is 0 Å². The minimum Gasteiger partial charge on any atom is -0.321 e. The van der Waals surface area contributed by atoms with Gasteiger partial charge >= 0.3 is 0 Å². The number of aromatic nitrogens is 1. The molecule has 0 bridgehead atoms. The second kappa shape index (κ2) is 16.3. The molecule has 1 amide bonds. The summed E-state index contributed by atoms with van der Waals surface area (Å²) < 4.78 is 14.2. The van der Waals surface area contributed by atoms with Gasteiger partial charge in [0.1, 0.15) is 10.8 Å². The first-order valence-electron chi connectivity index (χ1n) is 11.7. The van der Waals surface area contributed by atoms with Crippen molar-refractivity contribution in [1.29, 1.82) is 0 Å². The van der Waals surface area contributed by atoms with Crippen LogP contribution < -0.4 is 5.32 Å². The van der Waals surface area contributed by atoms with Gasteiger partial charge in [0.2, 0.25) is 0 Å². The van der Waals surface area contributed by atoms with Gasteiger partial charge in [-0.15, -0.1) is 11.3 Å². The van der Waals surface area contributed by atoms with Gasteiger partial charge in [0.15, 0.2) is 0 Å². The van der Waals surface area contributed by atoms with Gasteiger partial charge in [-0.25, -0.2) is 9.37 Å². The van der Waals surface area contributed by atoms with E-state index in [1.54, 1.807) is 67.2 Å². The first-order valence-corrected chi connectivity index (χ1v) is 12.6. The number of amides is 1. The number of benzene rings is 1. The molecule has 0 radical (unpaired) electrons. The normalized spacial score (nSPS) is 12.9. The summed E-state index contributed by atoms with van der Waals surface area (Å²) in [5, 5.41) is 5.61. The largest absolute Gasteiger partial charge is 0.321 e. The number of thiazole rings is 1. The molecule has 2 aromatic rings. The SMILES string of the molecule is C=C/C(=C\CC(/C=N\C=C(/C=C\C)NC(=O)c1c(C)cccc1F)=C(\C)CC)c1nccs1.CC. The summed E-state index contributed by atoms with van der Waals surface area (Å²) in [6.45, 7) is 15.6.